The standard InChI is InChI=1S/C23H30N4O3/c1-23(2,3)30-22(29)25-20-8-6-5-7-19(20)24-21(28)17-9-11-18(12-10-17)27-15-13-26(4)14-16-27/h5-12H,13-16H2,1-4H3,(H,24,28)(H,25,29). The number of amides is 2. The number of piperazine rings is 1. The van der Waals surface area contributed by atoms with Crippen LogP contribution in [-0.4, -0.2) is 55.7 Å². The summed E-state index contributed by atoms with van der Waals surface area (Å²) in [6.07, 6.45) is -0.569. The summed E-state index contributed by atoms with van der Waals surface area (Å²) in [6, 6.07) is 14.6. The second-order valence-electron chi connectivity index (χ2n) is 8.46. The molecule has 1 saturated heterocycles. The van der Waals surface area contributed by atoms with Gasteiger partial charge in [0.2, 0.25) is 0 Å². The number of carbonyl (C=O) groups excluding carboxylic acids is 2. The molecule has 0 saturated carbocycles. The van der Waals surface area contributed by atoms with Gasteiger partial charge >= 0.3 is 6.09 Å². The number of rotatable bonds is 4. The van der Waals surface area contributed by atoms with Crippen LogP contribution in [0.4, 0.5) is 21.9 Å². The van der Waals surface area contributed by atoms with Crippen LogP contribution in [-0.2, 0) is 4.74 Å². The Balaban J connectivity index is 1.65. The summed E-state index contributed by atoms with van der Waals surface area (Å²) in [7, 11) is 2.13. The molecule has 1 aliphatic rings. The van der Waals surface area contributed by atoms with Crippen molar-refractivity contribution in [3.05, 3.63) is 54.1 Å². The molecule has 0 atom stereocenters. The Morgan fingerprint density at radius 2 is 1.43 bits per heavy atom. The fourth-order valence-electron chi connectivity index (χ4n) is 3.20. The molecular weight excluding hydrogens is 380 g/mol. The molecule has 1 heterocycles. The lowest BCUT2D eigenvalue weighted by atomic mass is 10.1. The van der Waals surface area contributed by atoms with E-state index in [0.29, 0.717) is 16.9 Å². The molecule has 2 aromatic carbocycles. The number of likely N-dealkylation sites (N-methyl/N-ethyl adjacent to an activating group) is 1. The van der Waals surface area contributed by atoms with Crippen molar-refractivity contribution in [3.63, 3.8) is 0 Å². The van der Waals surface area contributed by atoms with E-state index in [-0.39, 0.29) is 5.91 Å². The Labute approximate surface area is 178 Å². The van der Waals surface area contributed by atoms with E-state index in [9.17, 15) is 9.59 Å². The average molecular weight is 411 g/mol. The molecule has 0 aromatic heterocycles. The number of hydrogen-bond donors (Lipinski definition) is 2. The molecule has 30 heavy (non-hydrogen) atoms. The van der Waals surface area contributed by atoms with Gasteiger partial charge in [0, 0.05) is 37.4 Å². The third-order valence-electron chi connectivity index (χ3n) is 4.81. The van der Waals surface area contributed by atoms with Gasteiger partial charge in [-0.05, 0) is 64.2 Å². The van der Waals surface area contributed by atoms with Gasteiger partial charge in [-0.2, -0.15) is 0 Å². The predicted octanol–water partition coefficient (Wildman–Crippen LogP) is 4.04. The first kappa shape index (κ1) is 21.6. The first-order valence-electron chi connectivity index (χ1n) is 10.2. The van der Waals surface area contributed by atoms with E-state index in [1.165, 1.54) is 0 Å². The minimum absolute atomic E-state index is 0.238. The lowest BCUT2D eigenvalue weighted by molar-refractivity contribution is 0.0635. The predicted molar refractivity (Wildman–Crippen MR) is 120 cm³/mol. The van der Waals surface area contributed by atoms with Crippen LogP contribution in [0.1, 0.15) is 31.1 Å². The van der Waals surface area contributed by atoms with Crippen molar-refractivity contribution in [2.24, 2.45) is 0 Å². The molecule has 0 spiro atoms. The monoisotopic (exact) mass is 410 g/mol. The molecule has 1 aliphatic heterocycles. The largest absolute Gasteiger partial charge is 0.444 e. The summed E-state index contributed by atoms with van der Waals surface area (Å²) in [4.78, 5) is 29.5. The van der Waals surface area contributed by atoms with Crippen molar-refractivity contribution in [1.82, 2.24) is 4.90 Å². The summed E-state index contributed by atoms with van der Waals surface area (Å²) in [5.41, 5.74) is 2.06. The highest BCUT2D eigenvalue weighted by Gasteiger charge is 2.18. The van der Waals surface area contributed by atoms with Crippen molar-refractivity contribution in [1.29, 1.82) is 0 Å². The molecule has 7 heteroatoms. The zero-order chi connectivity index (χ0) is 21.7. The lowest BCUT2D eigenvalue weighted by Crippen LogP contribution is -2.44. The third kappa shape index (κ3) is 5.97. The van der Waals surface area contributed by atoms with Gasteiger partial charge in [-0.25, -0.2) is 4.79 Å². The molecular formula is C23H30N4O3. The van der Waals surface area contributed by atoms with Crippen molar-refractivity contribution < 1.29 is 14.3 Å². The van der Waals surface area contributed by atoms with Crippen LogP contribution in [0, 0.1) is 0 Å². The Kier molecular flexibility index (Phi) is 6.62. The summed E-state index contributed by atoms with van der Waals surface area (Å²) >= 11 is 0. The second kappa shape index (κ2) is 9.17. The lowest BCUT2D eigenvalue weighted by Gasteiger charge is -2.34. The highest BCUT2D eigenvalue weighted by molar-refractivity contribution is 6.07. The van der Waals surface area contributed by atoms with E-state index in [4.69, 9.17) is 4.74 Å². The van der Waals surface area contributed by atoms with Crippen LogP contribution in [0.2, 0.25) is 0 Å². The molecule has 3 rings (SSSR count). The number of carbonyl (C=O) groups is 2. The number of nitrogens with zero attached hydrogens (tertiary/aromatic N) is 2. The topological polar surface area (TPSA) is 73.9 Å². The van der Waals surface area contributed by atoms with E-state index in [0.717, 1.165) is 31.9 Å². The van der Waals surface area contributed by atoms with Crippen LogP contribution in [0.3, 0.4) is 0 Å². The summed E-state index contributed by atoms with van der Waals surface area (Å²) in [5, 5.41) is 5.56. The van der Waals surface area contributed by atoms with E-state index in [1.54, 1.807) is 45.0 Å². The number of nitrogens with one attached hydrogen (secondary N) is 2. The van der Waals surface area contributed by atoms with E-state index in [2.05, 4.69) is 27.5 Å². The highest BCUT2D eigenvalue weighted by Crippen LogP contribution is 2.23. The smallest absolute Gasteiger partial charge is 0.412 e. The van der Waals surface area contributed by atoms with Crippen molar-refractivity contribution in [2.75, 3.05) is 48.8 Å². The molecule has 2 aromatic rings. The molecule has 0 radical (unpaired) electrons. The Morgan fingerprint density at radius 1 is 0.867 bits per heavy atom. The number of anilines is 3. The van der Waals surface area contributed by atoms with Gasteiger partial charge in [0.05, 0.1) is 11.4 Å². The van der Waals surface area contributed by atoms with Gasteiger partial charge in [-0.1, -0.05) is 12.1 Å². The van der Waals surface area contributed by atoms with Crippen LogP contribution < -0.4 is 15.5 Å². The highest BCUT2D eigenvalue weighted by atomic mass is 16.6. The van der Waals surface area contributed by atoms with Gasteiger partial charge in [-0.15, -0.1) is 0 Å². The van der Waals surface area contributed by atoms with Crippen molar-refractivity contribution in [2.45, 2.75) is 26.4 Å². The zero-order valence-electron chi connectivity index (χ0n) is 18.1. The Morgan fingerprint density at radius 3 is 2.00 bits per heavy atom. The molecule has 2 N–H and O–H groups in total. The molecule has 2 amide bonds. The zero-order valence-corrected chi connectivity index (χ0v) is 18.1. The van der Waals surface area contributed by atoms with E-state index in [1.807, 2.05) is 24.3 Å². The number of hydrogen-bond acceptors (Lipinski definition) is 5. The first-order chi connectivity index (χ1) is 14.2. The van der Waals surface area contributed by atoms with Gasteiger partial charge in [0.25, 0.3) is 5.91 Å². The summed E-state index contributed by atoms with van der Waals surface area (Å²) < 4.78 is 5.29. The third-order valence-corrected chi connectivity index (χ3v) is 4.81. The van der Waals surface area contributed by atoms with Crippen LogP contribution >= 0.6 is 0 Å². The molecule has 7 nitrogen and oxygen atoms in total. The summed E-state index contributed by atoms with van der Waals surface area (Å²) in [5.74, 6) is -0.238. The number of ether oxygens (including phenoxy) is 1. The molecule has 1 fully saturated rings. The number of benzene rings is 2. The van der Waals surface area contributed by atoms with Gasteiger partial charge in [-0.3, -0.25) is 10.1 Å². The minimum atomic E-state index is -0.603. The van der Waals surface area contributed by atoms with Crippen LogP contribution in [0.5, 0.6) is 0 Å². The first-order valence-corrected chi connectivity index (χ1v) is 10.2. The fourth-order valence-corrected chi connectivity index (χ4v) is 3.20. The van der Waals surface area contributed by atoms with E-state index >= 15 is 0 Å². The normalized spacial score (nSPS) is 14.9. The minimum Gasteiger partial charge on any atom is -0.444 e. The molecule has 0 unspecified atom stereocenters. The van der Waals surface area contributed by atoms with Crippen LogP contribution in [0.25, 0.3) is 0 Å². The fraction of sp³-hybridized carbons (Fsp3) is 0.391. The SMILES string of the molecule is CN1CCN(c2ccc(C(=O)Nc3ccccc3NC(=O)OC(C)(C)C)cc2)CC1. The summed E-state index contributed by atoms with van der Waals surface area (Å²) in [6.45, 7) is 9.41. The van der Waals surface area contributed by atoms with Crippen molar-refractivity contribution in [3.8, 4) is 0 Å². The number of para-hydroxylation sites is 2. The molecule has 0 bridgehead atoms. The van der Waals surface area contributed by atoms with Gasteiger partial charge in [0.15, 0.2) is 0 Å². The maximum absolute atomic E-state index is 12.7. The van der Waals surface area contributed by atoms with Crippen molar-refractivity contribution >= 4 is 29.1 Å². The Bertz CT molecular complexity index is 882. The van der Waals surface area contributed by atoms with E-state index < -0.39 is 11.7 Å². The quantitative estimate of drug-likeness (QED) is 0.796. The Hall–Kier alpha value is -3.06. The van der Waals surface area contributed by atoms with Gasteiger partial charge < -0.3 is 19.9 Å². The average Bonchev–Trinajstić information content (AvgIpc) is 2.69. The second-order valence-corrected chi connectivity index (χ2v) is 8.46. The van der Waals surface area contributed by atoms with Gasteiger partial charge in [0.1, 0.15) is 5.60 Å². The maximum Gasteiger partial charge on any atom is 0.412 e. The molecule has 160 valence electrons. The maximum atomic E-state index is 12.7. The van der Waals surface area contributed by atoms with Crippen LogP contribution in [0.15, 0.2) is 48.5 Å². The molecule has 0 aliphatic carbocycles.